The van der Waals surface area contributed by atoms with Crippen LogP contribution < -0.4 is 0 Å². The summed E-state index contributed by atoms with van der Waals surface area (Å²) in [7, 11) is -2.12. The summed E-state index contributed by atoms with van der Waals surface area (Å²) in [6.07, 6.45) is 3.62. The van der Waals surface area contributed by atoms with E-state index in [0.717, 1.165) is 5.56 Å². The zero-order valence-corrected chi connectivity index (χ0v) is 19.7. The highest BCUT2D eigenvalue weighted by atomic mass is 32.2. The van der Waals surface area contributed by atoms with Crippen LogP contribution >= 0.6 is 0 Å². The van der Waals surface area contributed by atoms with Crippen LogP contribution in [0.25, 0.3) is 0 Å². The highest BCUT2D eigenvalue weighted by Gasteiger charge is 2.25. The van der Waals surface area contributed by atoms with Crippen molar-refractivity contribution in [3.8, 4) is 0 Å². The van der Waals surface area contributed by atoms with E-state index in [1.807, 2.05) is 45.0 Å². The molecular weight excluding hydrogens is 414 g/mol. The Balaban J connectivity index is 2.35. The summed E-state index contributed by atoms with van der Waals surface area (Å²) < 4.78 is 33.1. The van der Waals surface area contributed by atoms with Gasteiger partial charge in [0.05, 0.1) is 30.8 Å². The number of carbonyl (C=O) groups is 1. The van der Waals surface area contributed by atoms with Crippen LogP contribution in [0.2, 0.25) is 0 Å². The number of aryl methyl sites for hydroxylation is 1. The van der Waals surface area contributed by atoms with Crippen molar-refractivity contribution < 1.29 is 17.9 Å². The molecule has 0 spiro atoms. The molecule has 7 nitrogen and oxygen atoms in total. The number of methoxy groups -OCH3 is 1. The minimum Gasteiger partial charge on any atom is -0.383 e. The Morgan fingerprint density at radius 1 is 1.29 bits per heavy atom. The van der Waals surface area contributed by atoms with Gasteiger partial charge in [-0.1, -0.05) is 49.8 Å². The van der Waals surface area contributed by atoms with Crippen LogP contribution in [0, 0.1) is 12.8 Å². The average molecular weight is 448 g/mol. The van der Waals surface area contributed by atoms with Crippen molar-refractivity contribution >= 4 is 15.7 Å². The maximum atomic E-state index is 13.2. The van der Waals surface area contributed by atoms with E-state index in [9.17, 15) is 13.2 Å². The molecule has 2 aromatic rings. The van der Waals surface area contributed by atoms with E-state index < -0.39 is 9.84 Å². The number of hydrogen-bond donors (Lipinski definition) is 0. The number of benzene rings is 1. The first-order valence-electron chi connectivity index (χ1n) is 10.4. The van der Waals surface area contributed by atoms with E-state index in [0.29, 0.717) is 37.4 Å². The molecule has 0 unspecified atom stereocenters. The smallest absolute Gasteiger partial charge is 0.228 e. The largest absolute Gasteiger partial charge is 0.383 e. The Bertz CT molecular complexity index is 979. The van der Waals surface area contributed by atoms with Gasteiger partial charge in [-0.05, 0) is 18.4 Å². The number of amides is 1. The molecule has 0 N–H and O–H groups in total. The van der Waals surface area contributed by atoms with Crippen LogP contribution in [0.3, 0.4) is 0 Å². The Hall–Kier alpha value is -2.45. The molecule has 1 aromatic carbocycles. The van der Waals surface area contributed by atoms with Crippen molar-refractivity contribution in [3.05, 3.63) is 59.9 Å². The van der Waals surface area contributed by atoms with E-state index in [4.69, 9.17) is 4.74 Å². The van der Waals surface area contributed by atoms with Crippen LogP contribution in [0.5, 0.6) is 0 Å². The van der Waals surface area contributed by atoms with Gasteiger partial charge in [0.2, 0.25) is 20.9 Å². The Labute approximate surface area is 185 Å². The molecule has 0 fully saturated rings. The number of aromatic nitrogens is 2. The third-order valence-corrected chi connectivity index (χ3v) is 6.41. The first-order valence-corrected chi connectivity index (χ1v) is 12.0. The first-order chi connectivity index (χ1) is 14.7. The second kappa shape index (κ2) is 11.2. The highest BCUT2D eigenvalue weighted by Crippen LogP contribution is 2.20. The number of rotatable bonds is 12. The van der Waals surface area contributed by atoms with Gasteiger partial charge >= 0.3 is 0 Å². The topological polar surface area (TPSA) is 81.5 Å². The van der Waals surface area contributed by atoms with Crippen molar-refractivity contribution in [2.45, 2.75) is 51.2 Å². The molecule has 0 aliphatic rings. The number of imidazole rings is 1. The molecule has 0 saturated heterocycles. The van der Waals surface area contributed by atoms with Crippen molar-refractivity contribution in [1.29, 1.82) is 0 Å². The maximum Gasteiger partial charge on any atom is 0.228 e. The first kappa shape index (κ1) is 24.8. The van der Waals surface area contributed by atoms with Crippen molar-refractivity contribution in [2.24, 2.45) is 5.92 Å². The molecule has 170 valence electrons. The molecule has 0 bridgehead atoms. The molecule has 0 saturated carbocycles. The minimum atomic E-state index is -3.68. The van der Waals surface area contributed by atoms with E-state index in [1.54, 1.807) is 22.7 Å². The van der Waals surface area contributed by atoms with Gasteiger partial charge < -0.3 is 14.2 Å². The van der Waals surface area contributed by atoms with Crippen LogP contribution in [0.15, 0.2) is 48.3 Å². The standard InChI is InChI=1S/C23H33N3O4S/c1-6-11-25(22(27)14-18(2)3)16-21-15-24-23(26(21)12-13-30-5)31(28,29)17-20-9-7-19(4)8-10-20/h6-10,15,18H,1,11-14,16-17H2,2-5H3. The molecule has 0 atom stereocenters. The number of sulfone groups is 1. The van der Waals surface area contributed by atoms with Gasteiger partial charge in [-0.15, -0.1) is 6.58 Å². The quantitative estimate of drug-likeness (QED) is 0.466. The fourth-order valence-corrected chi connectivity index (χ4v) is 4.76. The predicted octanol–water partition coefficient (Wildman–Crippen LogP) is 3.37. The molecule has 2 rings (SSSR count). The lowest BCUT2D eigenvalue weighted by molar-refractivity contribution is -0.132. The van der Waals surface area contributed by atoms with Gasteiger partial charge in [-0.25, -0.2) is 13.4 Å². The van der Waals surface area contributed by atoms with Crippen LogP contribution in [-0.4, -0.2) is 49.0 Å². The average Bonchev–Trinajstić information content (AvgIpc) is 3.10. The number of ether oxygens (including phenoxy) is 1. The summed E-state index contributed by atoms with van der Waals surface area (Å²) in [6.45, 7) is 11.0. The van der Waals surface area contributed by atoms with E-state index in [-0.39, 0.29) is 29.3 Å². The normalized spacial score (nSPS) is 11.6. The van der Waals surface area contributed by atoms with Gasteiger partial charge in [0.15, 0.2) is 0 Å². The van der Waals surface area contributed by atoms with Gasteiger partial charge in [0.1, 0.15) is 0 Å². The molecule has 0 aliphatic heterocycles. The third-order valence-electron chi connectivity index (χ3n) is 4.81. The second-order valence-corrected chi connectivity index (χ2v) is 9.97. The Morgan fingerprint density at radius 3 is 2.55 bits per heavy atom. The lowest BCUT2D eigenvalue weighted by atomic mass is 10.1. The predicted molar refractivity (Wildman–Crippen MR) is 121 cm³/mol. The van der Waals surface area contributed by atoms with Crippen molar-refractivity contribution in [1.82, 2.24) is 14.5 Å². The van der Waals surface area contributed by atoms with Gasteiger partial charge in [0.25, 0.3) is 0 Å². The molecule has 0 radical (unpaired) electrons. The molecular formula is C23H33N3O4S. The Morgan fingerprint density at radius 2 is 1.97 bits per heavy atom. The number of nitrogens with zero attached hydrogens (tertiary/aromatic N) is 3. The fourth-order valence-electron chi connectivity index (χ4n) is 3.24. The van der Waals surface area contributed by atoms with Gasteiger partial charge in [-0.2, -0.15) is 0 Å². The fraction of sp³-hybridized carbons (Fsp3) is 0.478. The number of carbonyl (C=O) groups excluding carboxylic acids is 1. The number of hydrogen-bond acceptors (Lipinski definition) is 5. The maximum absolute atomic E-state index is 13.2. The van der Waals surface area contributed by atoms with Crippen LogP contribution in [0.1, 0.15) is 37.1 Å². The summed E-state index contributed by atoms with van der Waals surface area (Å²) in [5, 5.41) is -0.00464. The SMILES string of the molecule is C=CCN(Cc1cnc(S(=O)(=O)Cc2ccc(C)cc2)n1CCOC)C(=O)CC(C)C. The lowest BCUT2D eigenvalue weighted by Crippen LogP contribution is -2.32. The van der Waals surface area contributed by atoms with E-state index in [2.05, 4.69) is 11.6 Å². The minimum absolute atomic E-state index is 0.00143. The van der Waals surface area contributed by atoms with Crippen molar-refractivity contribution in [3.63, 3.8) is 0 Å². The van der Waals surface area contributed by atoms with Gasteiger partial charge in [0, 0.05) is 26.6 Å². The van der Waals surface area contributed by atoms with E-state index >= 15 is 0 Å². The molecule has 8 heteroatoms. The van der Waals surface area contributed by atoms with Crippen molar-refractivity contribution in [2.75, 3.05) is 20.3 Å². The second-order valence-electron chi connectivity index (χ2n) is 8.08. The van der Waals surface area contributed by atoms with Gasteiger partial charge in [-0.3, -0.25) is 4.79 Å². The Kier molecular flexibility index (Phi) is 9.00. The van der Waals surface area contributed by atoms with E-state index in [1.165, 1.54) is 6.20 Å². The molecule has 1 amide bonds. The lowest BCUT2D eigenvalue weighted by Gasteiger charge is -2.23. The summed E-state index contributed by atoms with van der Waals surface area (Å²) in [4.78, 5) is 18.6. The monoisotopic (exact) mass is 447 g/mol. The molecule has 1 aromatic heterocycles. The summed E-state index contributed by atoms with van der Waals surface area (Å²) in [5.41, 5.74) is 2.42. The van der Waals surface area contributed by atoms with Crippen LogP contribution in [0.4, 0.5) is 0 Å². The molecule has 0 aliphatic carbocycles. The highest BCUT2D eigenvalue weighted by molar-refractivity contribution is 7.90. The zero-order valence-electron chi connectivity index (χ0n) is 18.9. The molecule has 31 heavy (non-hydrogen) atoms. The van der Waals surface area contributed by atoms with Crippen LogP contribution in [-0.2, 0) is 38.2 Å². The zero-order chi connectivity index (χ0) is 23.0. The molecule has 1 heterocycles. The third kappa shape index (κ3) is 7.04. The summed E-state index contributed by atoms with van der Waals surface area (Å²) in [6, 6.07) is 7.40. The summed E-state index contributed by atoms with van der Waals surface area (Å²) in [5.74, 6) is 0.0847. The summed E-state index contributed by atoms with van der Waals surface area (Å²) >= 11 is 0.